The van der Waals surface area contributed by atoms with E-state index in [4.69, 9.17) is 0 Å². The summed E-state index contributed by atoms with van der Waals surface area (Å²) in [5, 5.41) is 12.6. The number of benzene rings is 1. The summed E-state index contributed by atoms with van der Waals surface area (Å²) in [6.07, 6.45) is 1.24. The van der Waals surface area contributed by atoms with Gasteiger partial charge in [0.15, 0.2) is 0 Å². The highest BCUT2D eigenvalue weighted by atomic mass is 79.9. The van der Waals surface area contributed by atoms with Crippen LogP contribution in [0, 0.1) is 5.82 Å². The predicted molar refractivity (Wildman–Crippen MR) is 50.4 cm³/mol. The molecule has 0 fully saturated rings. The van der Waals surface area contributed by atoms with Gasteiger partial charge in [0.05, 0.1) is 10.7 Å². The maximum Gasteiger partial charge on any atom is 0.583 e. The molecule has 1 aromatic carbocycles. The predicted octanol–water partition coefficient (Wildman–Crippen LogP) is 0.640. The highest BCUT2D eigenvalue weighted by Crippen LogP contribution is 2.17. The fourth-order valence-corrected chi connectivity index (χ4v) is 1.47. The number of hydrogen-bond donors (Lipinski definition) is 1. The van der Waals surface area contributed by atoms with Crippen molar-refractivity contribution in [1.82, 2.24) is 0 Å². The van der Waals surface area contributed by atoms with Gasteiger partial charge in [0.2, 0.25) is 0 Å². The third kappa shape index (κ3) is 1.36. The van der Waals surface area contributed by atoms with Gasteiger partial charge in [-0.1, -0.05) is 6.07 Å². The first-order valence-electron chi connectivity index (χ1n) is 3.55. The average molecular weight is 244 g/mol. The van der Waals surface area contributed by atoms with Crippen molar-refractivity contribution in [2.45, 2.75) is 0 Å². The number of nitrogens with zero attached hydrogens (tertiary/aromatic N) is 1. The van der Waals surface area contributed by atoms with Crippen molar-refractivity contribution in [2.75, 3.05) is 0 Å². The molecule has 1 heterocycles. The van der Waals surface area contributed by atoms with E-state index < -0.39 is 12.9 Å². The molecule has 0 spiro atoms. The third-order valence-corrected chi connectivity index (χ3v) is 2.39. The molecule has 66 valence electrons. The Balaban J connectivity index is 2.65. The smallest absolute Gasteiger partial charge is 0.427 e. The lowest BCUT2D eigenvalue weighted by atomic mass is 9.76. The van der Waals surface area contributed by atoms with Crippen LogP contribution in [0.15, 0.2) is 21.8 Å². The lowest BCUT2D eigenvalue weighted by Gasteiger charge is -2.13. The van der Waals surface area contributed by atoms with Crippen molar-refractivity contribution >= 4 is 34.7 Å². The van der Waals surface area contributed by atoms with Gasteiger partial charge < -0.3 is 9.78 Å². The van der Waals surface area contributed by atoms with Crippen molar-refractivity contribution in [3.05, 3.63) is 28.0 Å². The first-order chi connectivity index (χ1) is 6.20. The standard InChI is InChI=1S/C7H4BBrFNO2/c9-6-2-1-5-4(7(6)10)3-11-13-8(5)12/h1-3,12H. The molecule has 1 aliphatic heterocycles. The van der Waals surface area contributed by atoms with Gasteiger partial charge in [-0.15, -0.1) is 5.16 Å². The molecule has 0 aromatic heterocycles. The average Bonchev–Trinajstić information content (AvgIpc) is 2.12. The molecule has 1 N–H and O–H groups in total. The number of fused-ring (bicyclic) bond motifs is 1. The zero-order chi connectivity index (χ0) is 9.42. The molecule has 0 aliphatic carbocycles. The Morgan fingerprint density at radius 1 is 1.54 bits per heavy atom. The van der Waals surface area contributed by atoms with Gasteiger partial charge >= 0.3 is 7.12 Å². The summed E-state index contributed by atoms with van der Waals surface area (Å²) in [6, 6.07) is 3.10. The van der Waals surface area contributed by atoms with Crippen LogP contribution in [0.5, 0.6) is 0 Å². The molecular formula is C7H4BBrFNO2. The van der Waals surface area contributed by atoms with Crippen molar-refractivity contribution in [2.24, 2.45) is 5.16 Å². The Morgan fingerprint density at radius 2 is 2.31 bits per heavy atom. The van der Waals surface area contributed by atoms with E-state index in [0.29, 0.717) is 9.94 Å². The molecule has 0 saturated carbocycles. The molecule has 0 radical (unpaired) electrons. The van der Waals surface area contributed by atoms with Crippen molar-refractivity contribution < 1.29 is 14.2 Å². The fourth-order valence-electron chi connectivity index (χ4n) is 1.13. The van der Waals surface area contributed by atoms with Crippen LogP contribution in [0.1, 0.15) is 5.56 Å². The summed E-state index contributed by atoms with van der Waals surface area (Å²) in [6.45, 7) is 0. The second-order valence-corrected chi connectivity index (χ2v) is 3.41. The minimum Gasteiger partial charge on any atom is -0.427 e. The topological polar surface area (TPSA) is 41.8 Å². The van der Waals surface area contributed by atoms with E-state index in [1.165, 1.54) is 12.3 Å². The summed E-state index contributed by atoms with van der Waals surface area (Å²) >= 11 is 3.04. The molecule has 0 amide bonds. The molecule has 0 unspecified atom stereocenters. The minimum absolute atomic E-state index is 0.258. The number of halogens is 2. The van der Waals surface area contributed by atoms with Crippen molar-refractivity contribution in [3.8, 4) is 0 Å². The first kappa shape index (κ1) is 8.71. The number of rotatable bonds is 0. The maximum absolute atomic E-state index is 13.4. The van der Waals surface area contributed by atoms with Gasteiger partial charge in [-0.2, -0.15) is 0 Å². The Morgan fingerprint density at radius 3 is 3.08 bits per heavy atom. The van der Waals surface area contributed by atoms with E-state index in [-0.39, 0.29) is 5.56 Å². The fraction of sp³-hybridized carbons (Fsp3) is 0. The van der Waals surface area contributed by atoms with Crippen LogP contribution in [0.3, 0.4) is 0 Å². The summed E-state index contributed by atoms with van der Waals surface area (Å²) in [5.74, 6) is -0.441. The highest BCUT2D eigenvalue weighted by Gasteiger charge is 2.27. The second kappa shape index (κ2) is 3.12. The zero-order valence-electron chi connectivity index (χ0n) is 6.37. The van der Waals surface area contributed by atoms with Crippen molar-refractivity contribution in [3.63, 3.8) is 0 Å². The monoisotopic (exact) mass is 243 g/mol. The van der Waals surface area contributed by atoms with Gasteiger partial charge in [-0.3, -0.25) is 0 Å². The van der Waals surface area contributed by atoms with Gasteiger partial charge in [-0.25, -0.2) is 4.39 Å². The van der Waals surface area contributed by atoms with Crippen LogP contribution in [-0.2, 0) is 4.76 Å². The quantitative estimate of drug-likeness (QED) is 0.680. The normalized spacial score (nSPS) is 13.9. The maximum atomic E-state index is 13.4. The van der Waals surface area contributed by atoms with E-state index >= 15 is 0 Å². The van der Waals surface area contributed by atoms with Crippen LogP contribution < -0.4 is 5.46 Å². The Kier molecular flexibility index (Phi) is 2.09. The molecule has 6 heteroatoms. The van der Waals surface area contributed by atoms with E-state index in [9.17, 15) is 9.41 Å². The zero-order valence-corrected chi connectivity index (χ0v) is 7.95. The van der Waals surface area contributed by atoms with Crippen LogP contribution in [0.2, 0.25) is 0 Å². The second-order valence-electron chi connectivity index (χ2n) is 2.56. The summed E-state index contributed by atoms with van der Waals surface area (Å²) < 4.78 is 18.2. The Labute approximate surface area is 82.5 Å². The Hall–Kier alpha value is -0.875. The molecule has 0 saturated heterocycles. The molecule has 1 aromatic rings. The summed E-state index contributed by atoms with van der Waals surface area (Å²) in [7, 11) is -1.18. The SMILES string of the molecule is OB1ON=Cc2c1ccc(Br)c2F. The molecule has 0 atom stereocenters. The van der Waals surface area contributed by atoms with Crippen LogP contribution in [-0.4, -0.2) is 18.4 Å². The largest absolute Gasteiger partial charge is 0.583 e. The van der Waals surface area contributed by atoms with E-state index in [1.807, 2.05) is 0 Å². The van der Waals surface area contributed by atoms with Crippen LogP contribution >= 0.6 is 15.9 Å². The van der Waals surface area contributed by atoms with Gasteiger partial charge in [0.25, 0.3) is 0 Å². The molecule has 3 nitrogen and oxygen atoms in total. The highest BCUT2D eigenvalue weighted by molar-refractivity contribution is 9.10. The van der Waals surface area contributed by atoms with Crippen LogP contribution in [0.25, 0.3) is 0 Å². The molecule has 13 heavy (non-hydrogen) atoms. The summed E-state index contributed by atoms with van der Waals surface area (Å²) in [5.41, 5.74) is 0.642. The summed E-state index contributed by atoms with van der Waals surface area (Å²) in [4.78, 5) is 0. The molecule has 2 rings (SSSR count). The van der Waals surface area contributed by atoms with Gasteiger partial charge in [0, 0.05) is 11.0 Å². The molecular weight excluding hydrogens is 240 g/mol. The lowest BCUT2D eigenvalue weighted by molar-refractivity contribution is 0.286. The Bertz CT molecular complexity index is 385. The van der Waals surface area contributed by atoms with Gasteiger partial charge in [0.1, 0.15) is 5.82 Å². The third-order valence-electron chi connectivity index (χ3n) is 1.77. The number of hydrogen-bond acceptors (Lipinski definition) is 3. The number of oxime groups is 1. The molecule has 1 aliphatic rings. The van der Waals surface area contributed by atoms with E-state index in [1.54, 1.807) is 6.07 Å². The first-order valence-corrected chi connectivity index (χ1v) is 4.34. The van der Waals surface area contributed by atoms with Crippen molar-refractivity contribution in [1.29, 1.82) is 0 Å². The van der Waals surface area contributed by atoms with Crippen LogP contribution in [0.4, 0.5) is 4.39 Å². The minimum atomic E-state index is -1.18. The molecule has 0 bridgehead atoms. The lowest BCUT2D eigenvalue weighted by Crippen LogP contribution is -2.38. The van der Waals surface area contributed by atoms with Gasteiger partial charge in [-0.05, 0) is 22.0 Å². The van der Waals surface area contributed by atoms with E-state index in [0.717, 1.165) is 0 Å². The van der Waals surface area contributed by atoms with E-state index in [2.05, 4.69) is 25.8 Å².